The van der Waals surface area contributed by atoms with E-state index >= 15 is 0 Å². The Balaban J connectivity index is 2.17. The highest BCUT2D eigenvalue weighted by molar-refractivity contribution is 6.09. The molecular formula is C19H14O3. The Morgan fingerprint density at radius 3 is 2.59 bits per heavy atom. The molecule has 3 aromatic rings. The van der Waals surface area contributed by atoms with Gasteiger partial charge in [-0.1, -0.05) is 54.6 Å². The van der Waals surface area contributed by atoms with E-state index in [-0.39, 0.29) is 11.3 Å². The Morgan fingerprint density at radius 2 is 1.86 bits per heavy atom. The molecule has 0 fully saturated rings. The van der Waals surface area contributed by atoms with Crippen molar-refractivity contribution in [3.63, 3.8) is 0 Å². The summed E-state index contributed by atoms with van der Waals surface area (Å²) in [7, 11) is 0. The van der Waals surface area contributed by atoms with Gasteiger partial charge in [-0.05, 0) is 18.1 Å². The van der Waals surface area contributed by atoms with Crippen LogP contribution >= 0.6 is 0 Å². The average molecular weight is 290 g/mol. The van der Waals surface area contributed by atoms with Gasteiger partial charge in [0.25, 0.3) is 0 Å². The maximum atomic E-state index is 12.4. The van der Waals surface area contributed by atoms with Crippen molar-refractivity contribution in [3.8, 4) is 0 Å². The van der Waals surface area contributed by atoms with Crippen molar-refractivity contribution in [1.82, 2.24) is 0 Å². The van der Waals surface area contributed by atoms with Crippen LogP contribution < -0.4 is 5.63 Å². The number of carbonyl (C=O) groups is 1. The molecule has 1 aromatic heterocycles. The summed E-state index contributed by atoms with van der Waals surface area (Å²) in [6, 6.07) is 15.9. The minimum absolute atomic E-state index is 0.0504. The number of carbonyl (C=O) groups excluding carboxylic acids is 1. The van der Waals surface area contributed by atoms with Crippen LogP contribution in [0.5, 0.6) is 0 Å². The number of fused-ring (bicyclic) bond motifs is 1. The molecule has 0 aliphatic heterocycles. The largest absolute Gasteiger partial charge is 0.422 e. The van der Waals surface area contributed by atoms with Crippen molar-refractivity contribution >= 4 is 16.8 Å². The van der Waals surface area contributed by atoms with Gasteiger partial charge in [0.2, 0.25) is 0 Å². The molecule has 2 aromatic carbocycles. The second-order valence-electron chi connectivity index (χ2n) is 4.97. The number of allylic oxidation sites excluding steroid dienone is 1. The van der Waals surface area contributed by atoms with Crippen LogP contribution in [0.15, 0.2) is 76.5 Å². The van der Waals surface area contributed by atoms with E-state index in [2.05, 4.69) is 6.58 Å². The summed E-state index contributed by atoms with van der Waals surface area (Å²) in [6.07, 6.45) is 2.35. The fourth-order valence-electron chi connectivity index (χ4n) is 2.42. The van der Waals surface area contributed by atoms with E-state index in [0.29, 0.717) is 17.6 Å². The van der Waals surface area contributed by atoms with E-state index in [1.165, 1.54) is 0 Å². The van der Waals surface area contributed by atoms with Crippen molar-refractivity contribution in [1.29, 1.82) is 0 Å². The van der Waals surface area contributed by atoms with Crippen LogP contribution in [0.2, 0.25) is 0 Å². The molecule has 3 nitrogen and oxygen atoms in total. The zero-order chi connectivity index (χ0) is 15.5. The fourth-order valence-corrected chi connectivity index (χ4v) is 2.42. The third-order valence-corrected chi connectivity index (χ3v) is 3.49. The zero-order valence-electron chi connectivity index (χ0n) is 11.9. The van der Waals surface area contributed by atoms with Gasteiger partial charge in [0.05, 0.1) is 0 Å². The molecule has 1 heterocycles. The Labute approximate surface area is 127 Å². The van der Waals surface area contributed by atoms with Crippen molar-refractivity contribution < 1.29 is 9.21 Å². The minimum Gasteiger partial charge on any atom is -0.422 e. The van der Waals surface area contributed by atoms with Crippen LogP contribution in [0, 0.1) is 0 Å². The highest BCUT2D eigenvalue weighted by Crippen LogP contribution is 2.20. The molecule has 0 N–H and O–H groups in total. The molecule has 0 bridgehead atoms. The molecule has 108 valence electrons. The lowest BCUT2D eigenvalue weighted by molar-refractivity contribution is 0.103. The first-order chi connectivity index (χ1) is 10.7. The maximum Gasteiger partial charge on any atom is 0.347 e. The first-order valence-corrected chi connectivity index (χ1v) is 6.97. The molecule has 0 saturated heterocycles. The number of ketones is 1. The Hall–Kier alpha value is -2.94. The summed E-state index contributed by atoms with van der Waals surface area (Å²) in [5.41, 5.74) is 1.30. The third kappa shape index (κ3) is 2.49. The van der Waals surface area contributed by atoms with Gasteiger partial charge in [-0.3, -0.25) is 4.79 Å². The molecule has 0 unspecified atom stereocenters. The van der Waals surface area contributed by atoms with E-state index < -0.39 is 5.63 Å². The standard InChI is InChI=1S/C19H14O3/c1-2-7-14-10-6-11-15-12-16(19(21)22-18(14)15)17(20)13-8-4-3-5-9-13/h2-6,8-12H,1,7H2. The summed E-state index contributed by atoms with van der Waals surface area (Å²) in [5, 5.41) is 0.734. The third-order valence-electron chi connectivity index (χ3n) is 3.49. The van der Waals surface area contributed by atoms with Crippen molar-refractivity contribution in [2.75, 3.05) is 0 Å². The predicted molar refractivity (Wildman–Crippen MR) is 86.3 cm³/mol. The summed E-state index contributed by atoms with van der Waals surface area (Å²) in [5.74, 6) is -0.328. The molecule has 0 aliphatic rings. The van der Waals surface area contributed by atoms with Crippen LogP contribution in [0.3, 0.4) is 0 Å². The number of benzene rings is 2. The quantitative estimate of drug-likeness (QED) is 0.417. The Morgan fingerprint density at radius 1 is 1.09 bits per heavy atom. The van der Waals surface area contributed by atoms with Crippen LogP contribution in [-0.2, 0) is 6.42 Å². The molecule has 0 amide bonds. The predicted octanol–water partition coefficient (Wildman–Crippen LogP) is 3.75. The fraction of sp³-hybridized carbons (Fsp3) is 0.0526. The smallest absolute Gasteiger partial charge is 0.347 e. The monoisotopic (exact) mass is 290 g/mol. The average Bonchev–Trinajstić information content (AvgIpc) is 2.55. The molecule has 0 radical (unpaired) electrons. The molecule has 0 saturated carbocycles. The second kappa shape index (κ2) is 5.82. The zero-order valence-corrected chi connectivity index (χ0v) is 11.9. The van der Waals surface area contributed by atoms with Crippen molar-refractivity contribution in [3.05, 3.63) is 94.4 Å². The van der Waals surface area contributed by atoms with Crippen LogP contribution in [-0.4, -0.2) is 5.78 Å². The van der Waals surface area contributed by atoms with E-state index in [1.54, 1.807) is 36.4 Å². The van der Waals surface area contributed by atoms with Crippen LogP contribution in [0.4, 0.5) is 0 Å². The lowest BCUT2D eigenvalue weighted by Gasteiger charge is -2.05. The molecule has 0 atom stereocenters. The summed E-state index contributed by atoms with van der Waals surface area (Å²) in [6.45, 7) is 3.70. The maximum absolute atomic E-state index is 12.4. The highest BCUT2D eigenvalue weighted by Gasteiger charge is 2.16. The van der Waals surface area contributed by atoms with E-state index in [0.717, 1.165) is 10.9 Å². The lowest BCUT2D eigenvalue weighted by Crippen LogP contribution is -2.15. The number of hydrogen-bond donors (Lipinski definition) is 0. The van der Waals surface area contributed by atoms with E-state index in [1.807, 2.05) is 24.3 Å². The van der Waals surface area contributed by atoms with Gasteiger partial charge in [0.15, 0.2) is 5.78 Å². The Kier molecular flexibility index (Phi) is 3.71. The van der Waals surface area contributed by atoms with E-state index in [9.17, 15) is 9.59 Å². The number of rotatable bonds is 4. The SMILES string of the molecule is C=CCc1cccc2cc(C(=O)c3ccccc3)c(=O)oc12. The van der Waals surface area contributed by atoms with Crippen LogP contribution in [0.1, 0.15) is 21.5 Å². The molecule has 22 heavy (non-hydrogen) atoms. The molecule has 0 aliphatic carbocycles. The van der Waals surface area contributed by atoms with Gasteiger partial charge in [-0.2, -0.15) is 0 Å². The van der Waals surface area contributed by atoms with Gasteiger partial charge in [-0.25, -0.2) is 4.79 Å². The molecular weight excluding hydrogens is 276 g/mol. The van der Waals surface area contributed by atoms with Crippen molar-refractivity contribution in [2.45, 2.75) is 6.42 Å². The first-order valence-electron chi connectivity index (χ1n) is 6.97. The van der Waals surface area contributed by atoms with E-state index in [4.69, 9.17) is 4.42 Å². The van der Waals surface area contributed by atoms with Crippen LogP contribution in [0.25, 0.3) is 11.0 Å². The van der Waals surface area contributed by atoms with Gasteiger partial charge >= 0.3 is 5.63 Å². The molecule has 3 heteroatoms. The normalized spacial score (nSPS) is 10.5. The summed E-state index contributed by atoms with van der Waals surface area (Å²) >= 11 is 0. The number of para-hydroxylation sites is 1. The van der Waals surface area contributed by atoms with Crippen molar-refractivity contribution in [2.24, 2.45) is 0 Å². The second-order valence-corrected chi connectivity index (χ2v) is 4.97. The van der Waals surface area contributed by atoms with Gasteiger partial charge in [0, 0.05) is 10.9 Å². The lowest BCUT2D eigenvalue weighted by atomic mass is 10.0. The molecule has 3 rings (SSSR count). The highest BCUT2D eigenvalue weighted by atomic mass is 16.4. The summed E-state index contributed by atoms with van der Waals surface area (Å²) in [4.78, 5) is 24.6. The first kappa shape index (κ1) is 14.0. The minimum atomic E-state index is -0.613. The topological polar surface area (TPSA) is 47.3 Å². The molecule has 0 spiro atoms. The van der Waals surface area contributed by atoms with Gasteiger partial charge < -0.3 is 4.42 Å². The summed E-state index contributed by atoms with van der Waals surface area (Å²) < 4.78 is 5.39. The van der Waals surface area contributed by atoms with Gasteiger partial charge in [-0.15, -0.1) is 6.58 Å². The van der Waals surface area contributed by atoms with Gasteiger partial charge in [0.1, 0.15) is 11.1 Å². The number of hydrogen-bond acceptors (Lipinski definition) is 3. The Bertz CT molecular complexity index is 905.